The van der Waals surface area contributed by atoms with E-state index < -0.39 is 0 Å². The van der Waals surface area contributed by atoms with Gasteiger partial charge in [0.25, 0.3) is 5.91 Å². The minimum Gasteiger partial charge on any atom is -0.348 e. The Morgan fingerprint density at radius 3 is 2.59 bits per heavy atom. The predicted molar refractivity (Wildman–Crippen MR) is 111 cm³/mol. The predicted octanol–water partition coefficient (Wildman–Crippen LogP) is 5.84. The van der Waals surface area contributed by atoms with E-state index in [1.165, 1.54) is 11.1 Å². The van der Waals surface area contributed by atoms with Gasteiger partial charge in [0.05, 0.1) is 10.2 Å². The molecule has 132 valence electrons. The van der Waals surface area contributed by atoms with Crippen molar-refractivity contribution in [3.05, 3.63) is 76.3 Å². The van der Waals surface area contributed by atoms with Crippen LogP contribution >= 0.6 is 22.9 Å². The quantitative estimate of drug-likeness (QED) is 0.467. The molecular weight excluding hydrogens is 376 g/mol. The highest BCUT2D eigenvalue weighted by Crippen LogP contribution is 2.38. The number of hydrogen-bond acceptors (Lipinski definition) is 3. The first-order chi connectivity index (χ1) is 13.1. The third-order valence-corrected chi connectivity index (χ3v) is 6.23. The zero-order valence-electron chi connectivity index (χ0n) is 14.5. The molecule has 0 atom stereocenters. The molecule has 0 saturated carbocycles. The molecule has 27 heavy (non-hydrogen) atoms. The van der Waals surface area contributed by atoms with Gasteiger partial charge in [-0.1, -0.05) is 29.8 Å². The first-order valence-electron chi connectivity index (χ1n) is 8.67. The minimum absolute atomic E-state index is 0.00139. The Labute approximate surface area is 165 Å². The lowest BCUT2D eigenvalue weighted by atomic mass is 10.0. The second-order valence-corrected chi connectivity index (χ2v) is 8.18. The third kappa shape index (κ3) is 2.82. The Morgan fingerprint density at radius 1 is 1.00 bits per heavy atom. The van der Waals surface area contributed by atoms with Crippen LogP contribution in [0.2, 0.25) is 5.02 Å². The number of thiazole rings is 1. The van der Waals surface area contributed by atoms with Gasteiger partial charge in [-0.05, 0) is 60.0 Å². The van der Waals surface area contributed by atoms with E-state index >= 15 is 0 Å². The molecule has 0 fully saturated rings. The first kappa shape index (κ1) is 16.5. The number of carbonyl (C=O) groups excluding carboxylic acids is 1. The van der Waals surface area contributed by atoms with Crippen molar-refractivity contribution in [1.82, 2.24) is 10.3 Å². The van der Waals surface area contributed by atoms with Crippen LogP contribution in [0.15, 0.2) is 54.6 Å². The van der Waals surface area contributed by atoms with Crippen LogP contribution in [-0.4, -0.2) is 10.9 Å². The molecule has 4 aromatic rings. The number of amides is 1. The standard InChI is InChI=1S/C22H15ClN2OS/c1-12-8-18(13-2-5-16(23)6-3-13)20-19(9-12)25-22(27-20)14-4-7-17-15(10-14)11-24-21(17)26/h2-10H,11H2,1H3,(H,24,26). The molecule has 0 aliphatic carbocycles. The molecule has 5 rings (SSSR count). The number of fused-ring (bicyclic) bond motifs is 2. The summed E-state index contributed by atoms with van der Waals surface area (Å²) >= 11 is 7.73. The number of aryl methyl sites for hydroxylation is 1. The van der Waals surface area contributed by atoms with Crippen molar-refractivity contribution >= 4 is 39.1 Å². The summed E-state index contributed by atoms with van der Waals surface area (Å²) in [6, 6.07) is 18.2. The van der Waals surface area contributed by atoms with Crippen molar-refractivity contribution in [1.29, 1.82) is 0 Å². The summed E-state index contributed by atoms with van der Waals surface area (Å²) in [5.74, 6) is 0.00139. The van der Waals surface area contributed by atoms with Crippen LogP contribution in [0.3, 0.4) is 0 Å². The van der Waals surface area contributed by atoms with E-state index in [2.05, 4.69) is 30.4 Å². The zero-order chi connectivity index (χ0) is 18.5. The van der Waals surface area contributed by atoms with Crippen molar-refractivity contribution in [2.75, 3.05) is 0 Å². The lowest BCUT2D eigenvalue weighted by molar-refractivity contribution is 0.0966. The lowest BCUT2D eigenvalue weighted by Gasteiger charge is -2.05. The molecule has 1 amide bonds. The third-order valence-electron chi connectivity index (χ3n) is 4.83. The van der Waals surface area contributed by atoms with Gasteiger partial charge >= 0.3 is 0 Å². The van der Waals surface area contributed by atoms with Crippen LogP contribution in [0.25, 0.3) is 31.9 Å². The van der Waals surface area contributed by atoms with Crippen molar-refractivity contribution in [2.24, 2.45) is 0 Å². The Hall–Kier alpha value is -2.69. The fourth-order valence-electron chi connectivity index (χ4n) is 3.51. The average Bonchev–Trinajstić information content (AvgIpc) is 3.25. The largest absolute Gasteiger partial charge is 0.348 e. The monoisotopic (exact) mass is 390 g/mol. The van der Waals surface area contributed by atoms with Crippen LogP contribution in [0.4, 0.5) is 0 Å². The van der Waals surface area contributed by atoms with E-state index in [0.717, 1.165) is 42.5 Å². The molecule has 5 heteroatoms. The van der Waals surface area contributed by atoms with Crippen molar-refractivity contribution in [3.8, 4) is 21.7 Å². The second-order valence-electron chi connectivity index (χ2n) is 6.74. The van der Waals surface area contributed by atoms with Crippen molar-refractivity contribution < 1.29 is 4.79 Å². The van der Waals surface area contributed by atoms with Crippen LogP contribution in [0.5, 0.6) is 0 Å². The molecule has 1 aliphatic rings. The summed E-state index contributed by atoms with van der Waals surface area (Å²) < 4.78 is 1.16. The topological polar surface area (TPSA) is 42.0 Å². The van der Waals surface area contributed by atoms with Crippen molar-refractivity contribution in [2.45, 2.75) is 13.5 Å². The van der Waals surface area contributed by atoms with E-state index in [9.17, 15) is 4.79 Å². The highest BCUT2D eigenvalue weighted by molar-refractivity contribution is 7.22. The number of halogens is 1. The van der Waals surface area contributed by atoms with Crippen LogP contribution in [-0.2, 0) is 6.54 Å². The van der Waals surface area contributed by atoms with Gasteiger partial charge in [0.2, 0.25) is 0 Å². The number of hydrogen-bond donors (Lipinski definition) is 1. The maximum atomic E-state index is 11.8. The van der Waals surface area contributed by atoms with Crippen molar-refractivity contribution in [3.63, 3.8) is 0 Å². The molecule has 3 aromatic carbocycles. The molecule has 0 unspecified atom stereocenters. The molecule has 1 N–H and O–H groups in total. The van der Waals surface area contributed by atoms with Gasteiger partial charge in [0, 0.05) is 28.3 Å². The molecule has 1 aliphatic heterocycles. The number of aromatic nitrogens is 1. The maximum Gasteiger partial charge on any atom is 0.251 e. The molecule has 1 aromatic heterocycles. The smallest absolute Gasteiger partial charge is 0.251 e. The molecule has 0 spiro atoms. The van der Waals surface area contributed by atoms with Gasteiger partial charge in [0.1, 0.15) is 5.01 Å². The summed E-state index contributed by atoms with van der Waals surface area (Å²) in [6.07, 6.45) is 0. The highest BCUT2D eigenvalue weighted by atomic mass is 35.5. The molecular formula is C22H15ClN2OS. The Kier molecular flexibility index (Phi) is 3.78. The summed E-state index contributed by atoms with van der Waals surface area (Å²) in [4.78, 5) is 16.7. The lowest BCUT2D eigenvalue weighted by Crippen LogP contribution is -2.12. The van der Waals surface area contributed by atoms with Crippen LogP contribution < -0.4 is 5.32 Å². The fraction of sp³-hybridized carbons (Fsp3) is 0.0909. The van der Waals surface area contributed by atoms with Gasteiger partial charge in [-0.2, -0.15) is 0 Å². The molecule has 0 radical (unpaired) electrons. The Morgan fingerprint density at radius 2 is 1.78 bits per heavy atom. The molecule has 3 nitrogen and oxygen atoms in total. The molecule has 2 heterocycles. The minimum atomic E-state index is 0.00139. The summed E-state index contributed by atoms with van der Waals surface area (Å²) in [5, 5.41) is 4.56. The zero-order valence-corrected chi connectivity index (χ0v) is 16.1. The fourth-order valence-corrected chi connectivity index (χ4v) is 4.71. The number of nitrogens with one attached hydrogen (secondary N) is 1. The van der Waals surface area contributed by atoms with E-state index in [1.54, 1.807) is 11.3 Å². The van der Waals surface area contributed by atoms with Gasteiger partial charge in [-0.25, -0.2) is 4.98 Å². The number of benzene rings is 3. The van der Waals surface area contributed by atoms with Crippen LogP contribution in [0, 0.1) is 6.92 Å². The maximum absolute atomic E-state index is 11.8. The molecule has 0 bridgehead atoms. The SMILES string of the molecule is Cc1cc(-c2ccc(Cl)cc2)c2sc(-c3ccc4c(c3)CNC4=O)nc2c1. The number of carbonyl (C=O) groups is 1. The average molecular weight is 391 g/mol. The van der Waals surface area contributed by atoms with E-state index in [4.69, 9.17) is 16.6 Å². The second kappa shape index (κ2) is 6.19. The van der Waals surface area contributed by atoms with Gasteiger partial charge in [0.15, 0.2) is 0 Å². The Bertz CT molecular complexity index is 1210. The molecule has 0 saturated heterocycles. The number of rotatable bonds is 2. The van der Waals surface area contributed by atoms with Gasteiger partial charge in [-0.3, -0.25) is 4.79 Å². The van der Waals surface area contributed by atoms with Gasteiger partial charge < -0.3 is 5.32 Å². The normalized spacial score (nSPS) is 13.0. The van der Waals surface area contributed by atoms with Crippen LogP contribution in [0.1, 0.15) is 21.5 Å². The number of nitrogens with zero attached hydrogens (tertiary/aromatic N) is 1. The van der Waals surface area contributed by atoms with E-state index in [0.29, 0.717) is 6.54 Å². The Balaban J connectivity index is 1.67. The van der Waals surface area contributed by atoms with E-state index in [1.807, 2.05) is 36.4 Å². The summed E-state index contributed by atoms with van der Waals surface area (Å²) in [5.41, 5.74) is 7.31. The summed E-state index contributed by atoms with van der Waals surface area (Å²) in [7, 11) is 0. The summed E-state index contributed by atoms with van der Waals surface area (Å²) in [6.45, 7) is 2.67. The van der Waals surface area contributed by atoms with E-state index in [-0.39, 0.29) is 5.91 Å². The first-order valence-corrected chi connectivity index (χ1v) is 9.86. The van der Waals surface area contributed by atoms with Gasteiger partial charge in [-0.15, -0.1) is 11.3 Å². The highest BCUT2D eigenvalue weighted by Gasteiger charge is 2.20.